The van der Waals surface area contributed by atoms with Crippen LogP contribution in [0.4, 0.5) is 5.69 Å². The van der Waals surface area contributed by atoms with Crippen molar-refractivity contribution in [2.45, 2.75) is 32.0 Å². The quantitative estimate of drug-likeness (QED) is 0.852. The van der Waals surface area contributed by atoms with E-state index in [1.165, 1.54) is 5.56 Å². The summed E-state index contributed by atoms with van der Waals surface area (Å²) in [5, 5.41) is 17.5. The van der Waals surface area contributed by atoms with Gasteiger partial charge < -0.3 is 10.4 Å². The summed E-state index contributed by atoms with van der Waals surface area (Å²) in [6, 6.07) is 8.60. The van der Waals surface area contributed by atoms with Crippen molar-refractivity contribution in [3.05, 3.63) is 47.2 Å². The third-order valence-electron chi connectivity index (χ3n) is 4.24. The van der Waals surface area contributed by atoms with Gasteiger partial charge in [0.15, 0.2) is 0 Å². The Kier molecular flexibility index (Phi) is 5.54. The predicted octanol–water partition coefficient (Wildman–Crippen LogP) is 2.61. The number of piperidine rings is 1. The van der Waals surface area contributed by atoms with Crippen LogP contribution in [0.15, 0.2) is 36.7 Å². The van der Waals surface area contributed by atoms with E-state index in [0.717, 1.165) is 43.2 Å². The van der Waals surface area contributed by atoms with E-state index in [-0.39, 0.29) is 6.61 Å². The fourth-order valence-electron chi connectivity index (χ4n) is 2.98. The molecule has 2 aromatic rings. The molecule has 0 spiro atoms. The molecule has 5 nitrogen and oxygen atoms in total. The molecule has 0 radical (unpaired) electrons. The summed E-state index contributed by atoms with van der Waals surface area (Å²) in [4.78, 5) is 2.48. The van der Waals surface area contributed by atoms with Crippen molar-refractivity contribution < 1.29 is 5.11 Å². The molecule has 1 aromatic carbocycles. The third kappa shape index (κ3) is 4.70. The molecule has 0 bridgehead atoms. The molecule has 0 atom stereocenters. The van der Waals surface area contributed by atoms with Crippen molar-refractivity contribution >= 4 is 17.3 Å². The molecule has 2 N–H and O–H groups in total. The number of halogens is 1. The van der Waals surface area contributed by atoms with Gasteiger partial charge in [-0.15, -0.1) is 0 Å². The van der Waals surface area contributed by atoms with Crippen LogP contribution >= 0.6 is 11.6 Å². The Labute approximate surface area is 141 Å². The van der Waals surface area contributed by atoms with Crippen LogP contribution in [0.1, 0.15) is 18.4 Å². The standard InChI is InChI=1S/C17H23ClN4O/c18-15-3-1-14(2-4-15)12-21-7-5-16(6-8-21)20-17-11-19-22(13-17)9-10-23/h1-4,11,13,16,20,23H,5-10,12H2. The average Bonchev–Trinajstić information content (AvgIpc) is 2.99. The van der Waals surface area contributed by atoms with Gasteiger partial charge >= 0.3 is 0 Å². The number of hydrogen-bond acceptors (Lipinski definition) is 4. The van der Waals surface area contributed by atoms with Crippen LogP contribution in [0.25, 0.3) is 0 Å². The molecule has 3 rings (SSSR count). The van der Waals surface area contributed by atoms with Crippen molar-refractivity contribution in [2.75, 3.05) is 25.0 Å². The van der Waals surface area contributed by atoms with Gasteiger partial charge in [0.25, 0.3) is 0 Å². The van der Waals surface area contributed by atoms with E-state index in [2.05, 4.69) is 27.4 Å². The summed E-state index contributed by atoms with van der Waals surface area (Å²) in [5.41, 5.74) is 2.35. The number of nitrogens with one attached hydrogen (secondary N) is 1. The zero-order valence-corrected chi connectivity index (χ0v) is 13.9. The van der Waals surface area contributed by atoms with E-state index in [1.54, 1.807) is 4.68 Å². The molecule has 0 unspecified atom stereocenters. The van der Waals surface area contributed by atoms with Gasteiger partial charge in [-0.1, -0.05) is 23.7 Å². The lowest BCUT2D eigenvalue weighted by Gasteiger charge is -2.32. The molecule has 6 heteroatoms. The number of nitrogens with zero attached hydrogens (tertiary/aromatic N) is 3. The number of aliphatic hydroxyl groups is 1. The van der Waals surface area contributed by atoms with Crippen LogP contribution in [0.3, 0.4) is 0 Å². The van der Waals surface area contributed by atoms with E-state index in [1.807, 2.05) is 24.5 Å². The van der Waals surface area contributed by atoms with E-state index in [4.69, 9.17) is 16.7 Å². The SMILES string of the molecule is OCCn1cc(NC2CCN(Cc3ccc(Cl)cc3)CC2)cn1. The smallest absolute Gasteiger partial charge is 0.0728 e. The molecule has 1 aromatic heterocycles. The second kappa shape index (κ2) is 7.81. The second-order valence-corrected chi connectivity index (χ2v) is 6.47. The Morgan fingerprint density at radius 2 is 1.96 bits per heavy atom. The molecule has 23 heavy (non-hydrogen) atoms. The van der Waals surface area contributed by atoms with E-state index >= 15 is 0 Å². The van der Waals surface area contributed by atoms with E-state index in [9.17, 15) is 0 Å². The molecule has 1 aliphatic heterocycles. The monoisotopic (exact) mass is 334 g/mol. The van der Waals surface area contributed by atoms with Gasteiger partial charge in [-0.25, -0.2) is 0 Å². The van der Waals surface area contributed by atoms with Gasteiger partial charge in [0.2, 0.25) is 0 Å². The topological polar surface area (TPSA) is 53.3 Å². The van der Waals surface area contributed by atoms with E-state index in [0.29, 0.717) is 12.6 Å². The molecular weight excluding hydrogens is 312 g/mol. The Hall–Kier alpha value is -1.56. The highest BCUT2D eigenvalue weighted by Gasteiger charge is 2.19. The first-order valence-corrected chi connectivity index (χ1v) is 8.47. The average molecular weight is 335 g/mol. The molecule has 0 aliphatic carbocycles. The fourth-order valence-corrected chi connectivity index (χ4v) is 3.11. The summed E-state index contributed by atoms with van der Waals surface area (Å²) in [6.45, 7) is 3.82. The Balaban J connectivity index is 1.45. The molecule has 1 saturated heterocycles. The van der Waals surface area contributed by atoms with Gasteiger partial charge in [0.05, 0.1) is 25.0 Å². The van der Waals surface area contributed by atoms with Crippen LogP contribution in [0, 0.1) is 0 Å². The third-order valence-corrected chi connectivity index (χ3v) is 4.49. The van der Waals surface area contributed by atoms with Gasteiger partial charge in [-0.3, -0.25) is 9.58 Å². The highest BCUT2D eigenvalue weighted by molar-refractivity contribution is 6.30. The number of aliphatic hydroxyl groups excluding tert-OH is 1. The number of hydrogen-bond donors (Lipinski definition) is 2. The van der Waals surface area contributed by atoms with Gasteiger partial charge in [-0.2, -0.15) is 5.10 Å². The lowest BCUT2D eigenvalue weighted by molar-refractivity contribution is 0.211. The van der Waals surface area contributed by atoms with Gasteiger partial charge in [-0.05, 0) is 30.5 Å². The lowest BCUT2D eigenvalue weighted by atomic mass is 10.0. The van der Waals surface area contributed by atoms with E-state index < -0.39 is 0 Å². The Bertz CT molecular complexity index is 605. The first kappa shape index (κ1) is 16.3. The predicted molar refractivity (Wildman–Crippen MR) is 92.7 cm³/mol. The molecule has 2 heterocycles. The Morgan fingerprint density at radius 3 is 2.65 bits per heavy atom. The maximum Gasteiger partial charge on any atom is 0.0728 e. The fraction of sp³-hybridized carbons (Fsp3) is 0.471. The highest BCUT2D eigenvalue weighted by atomic mass is 35.5. The van der Waals surface area contributed by atoms with Crippen molar-refractivity contribution in [1.82, 2.24) is 14.7 Å². The lowest BCUT2D eigenvalue weighted by Crippen LogP contribution is -2.38. The normalized spacial score (nSPS) is 16.6. The van der Waals surface area contributed by atoms with Crippen LogP contribution in [-0.2, 0) is 13.1 Å². The second-order valence-electron chi connectivity index (χ2n) is 6.04. The summed E-state index contributed by atoms with van der Waals surface area (Å²) >= 11 is 5.93. The van der Waals surface area contributed by atoms with Crippen molar-refractivity contribution in [1.29, 1.82) is 0 Å². The first-order chi connectivity index (χ1) is 11.2. The van der Waals surface area contributed by atoms with Crippen LogP contribution < -0.4 is 5.32 Å². The molecule has 1 aliphatic rings. The zero-order chi connectivity index (χ0) is 16.1. The summed E-state index contributed by atoms with van der Waals surface area (Å²) in [6.07, 6.45) is 6.03. The number of aromatic nitrogens is 2. The van der Waals surface area contributed by atoms with Gasteiger partial charge in [0.1, 0.15) is 0 Å². The minimum atomic E-state index is 0.115. The minimum absolute atomic E-state index is 0.115. The highest BCUT2D eigenvalue weighted by Crippen LogP contribution is 2.18. The number of benzene rings is 1. The van der Waals surface area contributed by atoms with Gasteiger partial charge in [0, 0.05) is 36.9 Å². The molecular formula is C17H23ClN4O. The van der Waals surface area contributed by atoms with Crippen molar-refractivity contribution in [3.63, 3.8) is 0 Å². The Morgan fingerprint density at radius 1 is 1.22 bits per heavy atom. The molecule has 0 saturated carbocycles. The van der Waals surface area contributed by atoms with Crippen LogP contribution in [0.5, 0.6) is 0 Å². The first-order valence-electron chi connectivity index (χ1n) is 8.09. The minimum Gasteiger partial charge on any atom is -0.394 e. The van der Waals surface area contributed by atoms with Crippen molar-refractivity contribution in [2.24, 2.45) is 0 Å². The number of likely N-dealkylation sites (tertiary alicyclic amines) is 1. The maximum atomic E-state index is 8.92. The molecule has 124 valence electrons. The van der Waals surface area contributed by atoms with Crippen molar-refractivity contribution in [3.8, 4) is 0 Å². The summed E-state index contributed by atoms with van der Waals surface area (Å²) in [5.74, 6) is 0. The maximum absolute atomic E-state index is 8.92. The largest absolute Gasteiger partial charge is 0.394 e. The number of anilines is 1. The van der Waals surface area contributed by atoms with Crippen LogP contribution in [-0.4, -0.2) is 45.5 Å². The summed E-state index contributed by atoms with van der Waals surface area (Å²) < 4.78 is 1.76. The molecule has 1 fully saturated rings. The number of rotatable bonds is 6. The van der Waals surface area contributed by atoms with Crippen LogP contribution in [0.2, 0.25) is 5.02 Å². The molecule has 0 amide bonds. The zero-order valence-electron chi connectivity index (χ0n) is 13.2. The summed E-state index contributed by atoms with van der Waals surface area (Å²) in [7, 11) is 0.